The molecule has 3 N–H and O–H groups in total. The van der Waals surface area contributed by atoms with E-state index < -0.39 is 0 Å². The van der Waals surface area contributed by atoms with Crippen LogP contribution in [0.2, 0.25) is 0 Å². The van der Waals surface area contributed by atoms with Crippen molar-refractivity contribution in [3.05, 3.63) is 53.3 Å². The second-order valence-corrected chi connectivity index (χ2v) is 5.76. The van der Waals surface area contributed by atoms with E-state index in [0.717, 1.165) is 11.3 Å². The van der Waals surface area contributed by atoms with Crippen LogP contribution in [0.3, 0.4) is 0 Å². The molecule has 6 nitrogen and oxygen atoms in total. The number of hydrogen-bond acceptors (Lipinski definition) is 4. The predicted molar refractivity (Wildman–Crippen MR) is 92.0 cm³/mol. The van der Waals surface area contributed by atoms with Crippen LogP contribution in [-0.4, -0.2) is 27.9 Å². The maximum atomic E-state index is 12.3. The van der Waals surface area contributed by atoms with E-state index in [1.54, 1.807) is 12.3 Å². The first-order valence-corrected chi connectivity index (χ1v) is 7.68. The fourth-order valence-corrected chi connectivity index (χ4v) is 2.38. The van der Waals surface area contributed by atoms with Gasteiger partial charge in [-0.05, 0) is 37.6 Å². The van der Waals surface area contributed by atoms with Gasteiger partial charge in [0.05, 0.1) is 5.56 Å². The number of amides is 2. The zero-order valence-corrected chi connectivity index (χ0v) is 14.0. The molecule has 0 aliphatic heterocycles. The van der Waals surface area contributed by atoms with Crippen molar-refractivity contribution in [2.45, 2.75) is 33.2 Å². The van der Waals surface area contributed by atoms with Crippen LogP contribution in [-0.2, 0) is 11.2 Å². The van der Waals surface area contributed by atoms with E-state index in [9.17, 15) is 14.7 Å². The monoisotopic (exact) mass is 327 g/mol. The predicted octanol–water partition coefficient (Wildman–Crippen LogP) is 2.42. The molecule has 2 aromatic rings. The number of rotatable bonds is 5. The second kappa shape index (κ2) is 7.59. The molecule has 1 aromatic carbocycles. The number of nitrogens with zero attached hydrogens (tertiary/aromatic N) is 1. The maximum Gasteiger partial charge on any atom is 0.255 e. The minimum atomic E-state index is -0.372. The number of nitrogens with one attached hydrogen (secondary N) is 2. The molecular formula is C18H21N3O3. The standard InChI is InChI=1S/C18H21N3O3/c1-11-5-4-8-19-16(11)9-12(2)20-18(24)15-7-6-14(10-17(15)23)21-13(3)22/h4-8,10,12,23H,9H2,1-3H3,(H,20,24)(H,21,22)/t12-/m1/s1. The average molecular weight is 327 g/mol. The van der Waals surface area contributed by atoms with Gasteiger partial charge < -0.3 is 15.7 Å². The first kappa shape index (κ1) is 17.5. The Bertz CT molecular complexity index is 759. The van der Waals surface area contributed by atoms with Crippen molar-refractivity contribution in [1.82, 2.24) is 10.3 Å². The van der Waals surface area contributed by atoms with Crippen molar-refractivity contribution in [2.24, 2.45) is 0 Å². The van der Waals surface area contributed by atoms with E-state index in [-0.39, 0.29) is 29.2 Å². The molecular weight excluding hydrogens is 306 g/mol. The second-order valence-electron chi connectivity index (χ2n) is 5.76. The highest BCUT2D eigenvalue weighted by Crippen LogP contribution is 2.22. The third-order valence-corrected chi connectivity index (χ3v) is 3.56. The summed E-state index contributed by atoms with van der Waals surface area (Å²) in [5, 5.41) is 15.4. The SMILES string of the molecule is CC(=O)Nc1ccc(C(=O)N[C@H](C)Cc2ncccc2C)c(O)c1. The lowest BCUT2D eigenvalue weighted by atomic mass is 10.1. The normalized spacial score (nSPS) is 11.6. The van der Waals surface area contributed by atoms with Crippen molar-refractivity contribution < 1.29 is 14.7 Å². The van der Waals surface area contributed by atoms with Crippen molar-refractivity contribution in [3.63, 3.8) is 0 Å². The highest BCUT2D eigenvalue weighted by Gasteiger charge is 2.15. The van der Waals surface area contributed by atoms with E-state index >= 15 is 0 Å². The summed E-state index contributed by atoms with van der Waals surface area (Å²) in [5.41, 5.74) is 2.60. The van der Waals surface area contributed by atoms with Crippen molar-refractivity contribution in [1.29, 1.82) is 0 Å². The molecule has 0 radical (unpaired) electrons. The number of phenolic OH excluding ortho intramolecular Hbond substituents is 1. The first-order valence-electron chi connectivity index (χ1n) is 7.68. The van der Waals surface area contributed by atoms with Gasteiger partial charge in [0.25, 0.3) is 5.91 Å². The van der Waals surface area contributed by atoms with Gasteiger partial charge in [0.2, 0.25) is 5.91 Å². The number of aromatic hydroxyl groups is 1. The van der Waals surface area contributed by atoms with Gasteiger partial charge in [0, 0.05) is 43.0 Å². The highest BCUT2D eigenvalue weighted by molar-refractivity contribution is 5.98. The summed E-state index contributed by atoms with van der Waals surface area (Å²) in [6, 6.07) is 8.11. The highest BCUT2D eigenvalue weighted by atomic mass is 16.3. The molecule has 0 bridgehead atoms. The third-order valence-electron chi connectivity index (χ3n) is 3.56. The number of hydrogen-bond donors (Lipinski definition) is 3. The Morgan fingerprint density at radius 3 is 2.67 bits per heavy atom. The maximum absolute atomic E-state index is 12.3. The Hall–Kier alpha value is -2.89. The lowest BCUT2D eigenvalue weighted by molar-refractivity contribution is -0.114. The molecule has 0 fully saturated rings. The fraction of sp³-hybridized carbons (Fsp3) is 0.278. The van der Waals surface area contributed by atoms with Crippen molar-refractivity contribution in [3.8, 4) is 5.75 Å². The van der Waals surface area contributed by atoms with Crippen LogP contribution in [0.1, 0.15) is 35.5 Å². The minimum Gasteiger partial charge on any atom is -0.507 e. The van der Waals surface area contributed by atoms with Gasteiger partial charge in [-0.3, -0.25) is 14.6 Å². The first-order chi connectivity index (χ1) is 11.4. The molecule has 24 heavy (non-hydrogen) atoms. The van der Waals surface area contributed by atoms with Gasteiger partial charge in [-0.1, -0.05) is 6.07 Å². The zero-order valence-electron chi connectivity index (χ0n) is 14.0. The van der Waals surface area contributed by atoms with Crippen LogP contribution in [0.15, 0.2) is 36.5 Å². The summed E-state index contributed by atoms with van der Waals surface area (Å²) in [4.78, 5) is 27.6. The molecule has 1 aromatic heterocycles. The molecule has 126 valence electrons. The molecule has 0 aliphatic carbocycles. The topological polar surface area (TPSA) is 91.3 Å². The van der Waals surface area contributed by atoms with Crippen LogP contribution in [0.5, 0.6) is 5.75 Å². The van der Waals surface area contributed by atoms with E-state index in [2.05, 4.69) is 15.6 Å². The molecule has 0 saturated heterocycles. The molecule has 2 amide bonds. The minimum absolute atomic E-state index is 0.138. The molecule has 1 heterocycles. The van der Waals surface area contributed by atoms with Crippen LogP contribution in [0.25, 0.3) is 0 Å². The van der Waals surface area contributed by atoms with Gasteiger partial charge in [-0.15, -0.1) is 0 Å². The van der Waals surface area contributed by atoms with Gasteiger partial charge >= 0.3 is 0 Å². The Kier molecular flexibility index (Phi) is 5.52. The Balaban J connectivity index is 2.04. The van der Waals surface area contributed by atoms with Gasteiger partial charge in [-0.2, -0.15) is 0 Å². The lowest BCUT2D eigenvalue weighted by Crippen LogP contribution is -2.34. The average Bonchev–Trinajstić information content (AvgIpc) is 2.48. The largest absolute Gasteiger partial charge is 0.507 e. The van der Waals surface area contributed by atoms with Crippen molar-refractivity contribution >= 4 is 17.5 Å². The van der Waals surface area contributed by atoms with Crippen LogP contribution in [0.4, 0.5) is 5.69 Å². The summed E-state index contributed by atoms with van der Waals surface area (Å²) in [7, 11) is 0. The summed E-state index contributed by atoms with van der Waals surface area (Å²) in [6.07, 6.45) is 2.33. The smallest absolute Gasteiger partial charge is 0.255 e. The fourth-order valence-electron chi connectivity index (χ4n) is 2.38. The lowest BCUT2D eigenvalue weighted by Gasteiger charge is -2.15. The molecule has 0 aliphatic rings. The molecule has 0 spiro atoms. The molecule has 0 saturated carbocycles. The summed E-state index contributed by atoms with van der Waals surface area (Å²) < 4.78 is 0. The number of pyridine rings is 1. The van der Waals surface area contributed by atoms with Crippen LogP contribution < -0.4 is 10.6 Å². The van der Waals surface area contributed by atoms with Crippen LogP contribution in [0, 0.1) is 6.92 Å². The Morgan fingerprint density at radius 2 is 2.04 bits per heavy atom. The van der Waals surface area contributed by atoms with Gasteiger partial charge in [0.15, 0.2) is 0 Å². The number of benzene rings is 1. The van der Waals surface area contributed by atoms with E-state index in [4.69, 9.17) is 0 Å². The third kappa shape index (κ3) is 4.55. The van der Waals surface area contributed by atoms with Gasteiger partial charge in [0.1, 0.15) is 5.75 Å². The summed E-state index contributed by atoms with van der Waals surface area (Å²) >= 11 is 0. The Morgan fingerprint density at radius 1 is 1.29 bits per heavy atom. The van der Waals surface area contributed by atoms with Crippen molar-refractivity contribution in [2.75, 3.05) is 5.32 Å². The Labute approximate surface area is 140 Å². The number of aryl methyl sites for hydroxylation is 1. The molecule has 2 rings (SSSR count). The quantitative estimate of drug-likeness (QED) is 0.786. The number of phenols is 1. The summed E-state index contributed by atoms with van der Waals surface area (Å²) in [6.45, 7) is 5.23. The number of aromatic nitrogens is 1. The number of anilines is 1. The molecule has 1 atom stereocenters. The zero-order chi connectivity index (χ0) is 17.7. The molecule has 0 unspecified atom stereocenters. The number of carbonyl (C=O) groups is 2. The molecule has 6 heteroatoms. The number of carbonyl (C=O) groups excluding carboxylic acids is 2. The van der Waals surface area contributed by atoms with E-state index in [1.165, 1.54) is 19.1 Å². The summed E-state index contributed by atoms with van der Waals surface area (Å²) in [5.74, 6) is -0.797. The van der Waals surface area contributed by atoms with E-state index in [0.29, 0.717) is 12.1 Å². The van der Waals surface area contributed by atoms with E-state index in [1.807, 2.05) is 26.0 Å². The van der Waals surface area contributed by atoms with Crippen LogP contribution >= 0.6 is 0 Å². The van der Waals surface area contributed by atoms with Gasteiger partial charge in [-0.25, -0.2) is 0 Å².